The minimum Gasteiger partial charge on any atom is -0.506 e. The Balaban J connectivity index is 2.39. The van der Waals surface area contributed by atoms with E-state index >= 15 is 0 Å². The number of benzene rings is 2. The van der Waals surface area contributed by atoms with Crippen LogP contribution >= 0.6 is 27.5 Å². The molecule has 21 heavy (non-hydrogen) atoms. The molecule has 0 heterocycles. The van der Waals surface area contributed by atoms with Crippen molar-refractivity contribution in [2.24, 2.45) is 0 Å². The smallest absolute Gasteiger partial charge is 0.262 e. The fourth-order valence-corrected chi connectivity index (χ4v) is 3.31. The maximum atomic E-state index is 12.3. The van der Waals surface area contributed by atoms with Crippen molar-refractivity contribution in [3.63, 3.8) is 0 Å². The van der Waals surface area contributed by atoms with Crippen LogP contribution in [0.3, 0.4) is 0 Å². The largest absolute Gasteiger partial charge is 0.506 e. The predicted octanol–water partition coefficient (Wildman–Crippen LogP) is 3.62. The maximum Gasteiger partial charge on any atom is 0.262 e. The molecule has 5 nitrogen and oxygen atoms in total. The molecule has 2 aromatic rings. The summed E-state index contributed by atoms with van der Waals surface area (Å²) < 4.78 is 32.3. The zero-order valence-electron chi connectivity index (χ0n) is 10.8. The van der Waals surface area contributed by atoms with Crippen molar-refractivity contribution >= 4 is 43.2 Å². The maximum absolute atomic E-state index is 12.3. The zero-order valence-corrected chi connectivity index (χ0v) is 14.0. The molecule has 0 spiro atoms. The lowest BCUT2D eigenvalue weighted by molar-refractivity contribution is 0.413. The molecule has 2 aromatic carbocycles. The summed E-state index contributed by atoms with van der Waals surface area (Å²) >= 11 is 9.00. The van der Waals surface area contributed by atoms with Crippen molar-refractivity contribution < 1.29 is 18.3 Å². The Morgan fingerprint density at radius 2 is 1.95 bits per heavy atom. The van der Waals surface area contributed by atoms with Crippen molar-refractivity contribution in [1.82, 2.24) is 0 Å². The van der Waals surface area contributed by atoms with E-state index in [2.05, 4.69) is 20.7 Å². The first-order valence-electron chi connectivity index (χ1n) is 5.68. The van der Waals surface area contributed by atoms with Gasteiger partial charge in [-0.25, -0.2) is 8.42 Å². The average molecular weight is 393 g/mol. The highest BCUT2D eigenvalue weighted by molar-refractivity contribution is 9.10. The lowest BCUT2D eigenvalue weighted by Crippen LogP contribution is -2.13. The second-order valence-electron chi connectivity index (χ2n) is 4.06. The summed E-state index contributed by atoms with van der Waals surface area (Å²) in [4.78, 5) is 0.0148. The predicted molar refractivity (Wildman–Crippen MR) is 84.6 cm³/mol. The highest BCUT2D eigenvalue weighted by atomic mass is 79.9. The Morgan fingerprint density at radius 1 is 1.24 bits per heavy atom. The van der Waals surface area contributed by atoms with Gasteiger partial charge in [0.2, 0.25) is 0 Å². The summed E-state index contributed by atoms with van der Waals surface area (Å²) in [5.74, 6) is 0.218. The number of phenolic OH excluding ortho intramolecular Hbond substituents is 1. The zero-order chi connectivity index (χ0) is 15.6. The third-order valence-electron chi connectivity index (χ3n) is 2.65. The quantitative estimate of drug-likeness (QED) is 0.779. The van der Waals surface area contributed by atoms with Crippen LogP contribution in [0.15, 0.2) is 45.8 Å². The van der Waals surface area contributed by atoms with Crippen LogP contribution in [0.1, 0.15) is 0 Å². The van der Waals surface area contributed by atoms with Crippen LogP contribution in [-0.2, 0) is 10.0 Å². The van der Waals surface area contributed by atoms with E-state index in [-0.39, 0.29) is 16.3 Å². The van der Waals surface area contributed by atoms with Crippen molar-refractivity contribution in [2.45, 2.75) is 4.90 Å². The van der Waals surface area contributed by atoms with Gasteiger partial charge in [-0.2, -0.15) is 0 Å². The summed E-state index contributed by atoms with van der Waals surface area (Å²) in [6.07, 6.45) is 0. The van der Waals surface area contributed by atoms with Gasteiger partial charge in [0.05, 0.1) is 22.7 Å². The summed E-state index contributed by atoms with van der Waals surface area (Å²) in [6.45, 7) is 0. The van der Waals surface area contributed by atoms with Crippen LogP contribution in [0.5, 0.6) is 11.5 Å². The molecule has 2 rings (SSSR count). The first-order chi connectivity index (χ1) is 9.83. The first kappa shape index (κ1) is 15.9. The molecular formula is C13H11BrClNO4S. The SMILES string of the molecule is COc1ccc(O)c(NS(=O)(=O)c2ccc(Cl)c(Br)c2)c1. The molecule has 0 aliphatic heterocycles. The number of methoxy groups -OCH3 is 1. The molecule has 0 radical (unpaired) electrons. The monoisotopic (exact) mass is 391 g/mol. The van der Waals surface area contributed by atoms with Crippen LogP contribution < -0.4 is 9.46 Å². The van der Waals surface area contributed by atoms with Crippen molar-refractivity contribution in [2.75, 3.05) is 11.8 Å². The molecule has 8 heteroatoms. The fourth-order valence-electron chi connectivity index (χ4n) is 1.57. The van der Waals surface area contributed by atoms with Crippen molar-refractivity contribution in [3.8, 4) is 11.5 Å². The van der Waals surface area contributed by atoms with E-state index < -0.39 is 10.0 Å². The molecule has 0 bridgehead atoms. The lowest BCUT2D eigenvalue weighted by atomic mass is 10.3. The van der Waals surface area contributed by atoms with Crippen LogP contribution in [0, 0.1) is 0 Å². The van der Waals surface area contributed by atoms with Gasteiger partial charge in [-0.15, -0.1) is 0 Å². The lowest BCUT2D eigenvalue weighted by Gasteiger charge is -2.11. The third-order valence-corrected chi connectivity index (χ3v) is 5.23. The molecular weight excluding hydrogens is 382 g/mol. The van der Waals surface area contributed by atoms with Crippen LogP contribution in [0.25, 0.3) is 0 Å². The molecule has 0 saturated carbocycles. The van der Waals surface area contributed by atoms with Crippen LogP contribution in [-0.4, -0.2) is 20.6 Å². The van der Waals surface area contributed by atoms with E-state index in [4.69, 9.17) is 16.3 Å². The third kappa shape index (κ3) is 3.61. The highest BCUT2D eigenvalue weighted by Crippen LogP contribution is 2.31. The van der Waals surface area contributed by atoms with E-state index in [1.54, 1.807) is 0 Å². The van der Waals surface area contributed by atoms with Gasteiger partial charge < -0.3 is 9.84 Å². The number of halogens is 2. The number of nitrogens with one attached hydrogen (secondary N) is 1. The number of rotatable bonds is 4. The van der Waals surface area contributed by atoms with E-state index in [0.717, 1.165) is 0 Å². The summed E-state index contributed by atoms with van der Waals surface area (Å²) in [6, 6.07) is 8.46. The normalized spacial score (nSPS) is 11.2. The molecule has 0 aliphatic rings. The second-order valence-corrected chi connectivity index (χ2v) is 7.01. The minimum absolute atomic E-state index is 0.0148. The Kier molecular flexibility index (Phi) is 4.65. The summed E-state index contributed by atoms with van der Waals surface area (Å²) in [5.41, 5.74) is 0.0282. The minimum atomic E-state index is -3.85. The van der Waals surface area contributed by atoms with Crippen molar-refractivity contribution in [3.05, 3.63) is 45.9 Å². The first-order valence-corrected chi connectivity index (χ1v) is 8.34. The van der Waals surface area contributed by atoms with E-state index in [9.17, 15) is 13.5 Å². The van der Waals surface area contributed by atoms with Gasteiger partial charge in [-0.1, -0.05) is 11.6 Å². The van der Waals surface area contributed by atoms with Gasteiger partial charge in [-0.05, 0) is 46.3 Å². The molecule has 0 fully saturated rings. The molecule has 0 aromatic heterocycles. The van der Waals surface area contributed by atoms with E-state index in [1.165, 1.54) is 43.5 Å². The number of sulfonamides is 1. The van der Waals surface area contributed by atoms with E-state index in [1.807, 2.05) is 0 Å². The Bertz CT molecular complexity index is 780. The van der Waals surface area contributed by atoms with E-state index in [0.29, 0.717) is 15.2 Å². The van der Waals surface area contributed by atoms with Crippen LogP contribution in [0.2, 0.25) is 5.02 Å². The standard InChI is InChI=1S/C13H11BrClNO4S/c1-20-8-2-5-13(17)12(6-8)16-21(18,19)9-3-4-11(15)10(14)7-9/h2-7,16-17H,1H3. The molecule has 2 N–H and O–H groups in total. The van der Waals surface area contributed by atoms with Gasteiger partial charge in [0, 0.05) is 10.5 Å². The molecule has 0 amide bonds. The highest BCUT2D eigenvalue weighted by Gasteiger charge is 2.17. The van der Waals surface area contributed by atoms with Gasteiger partial charge in [0.1, 0.15) is 11.5 Å². The number of ether oxygens (including phenoxy) is 1. The molecule has 0 aliphatic carbocycles. The average Bonchev–Trinajstić information content (AvgIpc) is 2.44. The number of aromatic hydroxyl groups is 1. The fraction of sp³-hybridized carbons (Fsp3) is 0.0769. The molecule has 112 valence electrons. The van der Waals surface area contributed by atoms with Gasteiger partial charge in [-0.3, -0.25) is 4.72 Å². The second kappa shape index (κ2) is 6.13. The molecule has 0 saturated heterocycles. The summed E-state index contributed by atoms with van der Waals surface area (Å²) in [7, 11) is -2.41. The number of hydrogen-bond donors (Lipinski definition) is 2. The number of anilines is 1. The van der Waals surface area contributed by atoms with Crippen LogP contribution in [0.4, 0.5) is 5.69 Å². The summed E-state index contributed by atoms with van der Waals surface area (Å²) in [5, 5.41) is 10.1. The van der Waals surface area contributed by atoms with Gasteiger partial charge in [0.15, 0.2) is 0 Å². The van der Waals surface area contributed by atoms with Gasteiger partial charge >= 0.3 is 0 Å². The number of phenols is 1. The molecule has 0 atom stereocenters. The Hall–Kier alpha value is -1.44. The Labute approximate surface area is 135 Å². The Morgan fingerprint density at radius 3 is 2.57 bits per heavy atom. The molecule has 0 unspecified atom stereocenters. The van der Waals surface area contributed by atoms with Gasteiger partial charge in [0.25, 0.3) is 10.0 Å². The number of hydrogen-bond acceptors (Lipinski definition) is 4. The van der Waals surface area contributed by atoms with Crippen molar-refractivity contribution in [1.29, 1.82) is 0 Å². The topological polar surface area (TPSA) is 75.6 Å².